The van der Waals surface area contributed by atoms with E-state index in [9.17, 15) is 19.5 Å². The van der Waals surface area contributed by atoms with E-state index in [-0.39, 0.29) is 30.5 Å². The highest BCUT2D eigenvalue weighted by Crippen LogP contribution is 2.44. The van der Waals surface area contributed by atoms with Gasteiger partial charge in [-0.2, -0.15) is 0 Å². The first-order valence-electron chi connectivity index (χ1n) is 10.6. The lowest BCUT2D eigenvalue weighted by Gasteiger charge is -2.15. The van der Waals surface area contributed by atoms with E-state index in [1.165, 1.54) is 13.0 Å². The number of aliphatic hydroxyl groups excluding tert-OH is 1. The van der Waals surface area contributed by atoms with Gasteiger partial charge in [0.15, 0.2) is 17.5 Å². The van der Waals surface area contributed by atoms with Crippen molar-refractivity contribution >= 4 is 18.0 Å². The Hall–Kier alpha value is -4.18. The van der Waals surface area contributed by atoms with Crippen molar-refractivity contribution in [3.8, 4) is 11.1 Å². The predicted octanol–water partition coefficient (Wildman–Crippen LogP) is 2.28. The Morgan fingerprint density at radius 3 is 2.29 bits per heavy atom. The van der Waals surface area contributed by atoms with Crippen molar-refractivity contribution in [2.45, 2.75) is 31.5 Å². The summed E-state index contributed by atoms with van der Waals surface area (Å²) in [6, 6.07) is 15.8. The first-order chi connectivity index (χ1) is 16.3. The van der Waals surface area contributed by atoms with Gasteiger partial charge in [0.05, 0.1) is 12.6 Å². The van der Waals surface area contributed by atoms with Gasteiger partial charge in [-0.3, -0.25) is 4.79 Å². The van der Waals surface area contributed by atoms with Gasteiger partial charge in [-0.05, 0) is 29.2 Å². The highest BCUT2D eigenvalue weighted by Gasteiger charge is 2.29. The number of carboxylic acid groups (broad SMARTS) is 1. The standard InChI is InChI=1S/C24H23N3O7/c1-13(28)21(23(30)31)26-22(29)20-10-14(34-27-20)11-25-24(32)33-12-19-17-8-4-2-6-15(17)16-7-3-5-9-18(16)19/h2-10,13,19,21,28H,11-12H2,1H3,(H,25,32)(H,26,29)(H,30,31)/t13-,21+/m1/s1. The number of rotatable bonds is 8. The summed E-state index contributed by atoms with van der Waals surface area (Å²) in [4.78, 5) is 35.5. The molecule has 10 nitrogen and oxygen atoms in total. The minimum atomic E-state index is -1.49. The smallest absolute Gasteiger partial charge is 0.407 e. The van der Waals surface area contributed by atoms with Crippen LogP contribution in [0.25, 0.3) is 11.1 Å². The van der Waals surface area contributed by atoms with E-state index in [4.69, 9.17) is 14.4 Å². The fraction of sp³-hybridized carbons (Fsp3) is 0.250. The van der Waals surface area contributed by atoms with Gasteiger partial charge < -0.3 is 30.1 Å². The van der Waals surface area contributed by atoms with E-state index in [2.05, 4.69) is 15.8 Å². The number of ether oxygens (including phenoxy) is 1. The summed E-state index contributed by atoms with van der Waals surface area (Å²) in [5.41, 5.74) is 4.26. The molecule has 34 heavy (non-hydrogen) atoms. The zero-order valence-electron chi connectivity index (χ0n) is 18.2. The fourth-order valence-electron chi connectivity index (χ4n) is 3.92. The lowest BCUT2D eigenvalue weighted by Crippen LogP contribution is -2.47. The van der Waals surface area contributed by atoms with Crippen LogP contribution in [0.2, 0.25) is 0 Å². The molecule has 0 unspecified atom stereocenters. The van der Waals surface area contributed by atoms with Gasteiger partial charge in [-0.15, -0.1) is 0 Å². The van der Waals surface area contributed by atoms with Crippen molar-refractivity contribution in [1.82, 2.24) is 15.8 Å². The number of amides is 2. The van der Waals surface area contributed by atoms with Crippen molar-refractivity contribution in [3.63, 3.8) is 0 Å². The lowest BCUT2D eigenvalue weighted by molar-refractivity contribution is -0.141. The molecule has 0 bridgehead atoms. The van der Waals surface area contributed by atoms with Crippen LogP contribution in [-0.4, -0.2) is 52.1 Å². The topological polar surface area (TPSA) is 151 Å². The molecule has 1 aliphatic carbocycles. The van der Waals surface area contributed by atoms with Crippen LogP contribution in [-0.2, 0) is 16.1 Å². The average molecular weight is 465 g/mol. The number of nitrogens with zero attached hydrogens (tertiary/aromatic N) is 1. The molecule has 0 aliphatic heterocycles. The monoisotopic (exact) mass is 465 g/mol. The van der Waals surface area contributed by atoms with Gasteiger partial charge >= 0.3 is 12.1 Å². The molecule has 2 amide bonds. The molecule has 2 atom stereocenters. The van der Waals surface area contributed by atoms with E-state index >= 15 is 0 Å². The maximum atomic E-state index is 12.3. The predicted molar refractivity (Wildman–Crippen MR) is 119 cm³/mol. The van der Waals surface area contributed by atoms with Crippen molar-refractivity contribution in [1.29, 1.82) is 0 Å². The Morgan fingerprint density at radius 2 is 1.71 bits per heavy atom. The number of benzene rings is 2. The molecule has 0 saturated heterocycles. The summed E-state index contributed by atoms with van der Waals surface area (Å²) in [6.45, 7) is 1.31. The third kappa shape index (κ3) is 4.76. The number of hydrogen-bond acceptors (Lipinski definition) is 7. The van der Waals surface area contributed by atoms with E-state index in [1.807, 2.05) is 48.5 Å². The summed E-state index contributed by atoms with van der Waals surface area (Å²) < 4.78 is 10.5. The van der Waals surface area contributed by atoms with Crippen LogP contribution in [0, 0.1) is 0 Å². The Morgan fingerprint density at radius 1 is 1.09 bits per heavy atom. The van der Waals surface area contributed by atoms with Crippen molar-refractivity contribution in [3.05, 3.63) is 77.2 Å². The molecular weight excluding hydrogens is 442 g/mol. The number of alkyl carbamates (subject to hydrolysis) is 1. The normalized spacial score (nSPS) is 13.9. The molecule has 10 heteroatoms. The lowest BCUT2D eigenvalue weighted by atomic mass is 9.98. The zero-order valence-corrected chi connectivity index (χ0v) is 18.2. The van der Waals surface area contributed by atoms with E-state index in [0.717, 1.165) is 22.3 Å². The summed E-state index contributed by atoms with van der Waals surface area (Å²) in [5.74, 6) is -2.12. The second-order valence-electron chi connectivity index (χ2n) is 7.89. The van der Waals surface area contributed by atoms with Gasteiger partial charge in [0.2, 0.25) is 0 Å². The second kappa shape index (κ2) is 9.75. The maximum Gasteiger partial charge on any atom is 0.407 e. The van der Waals surface area contributed by atoms with Crippen LogP contribution >= 0.6 is 0 Å². The summed E-state index contributed by atoms with van der Waals surface area (Å²) in [6.07, 6.45) is -1.97. The fourth-order valence-corrected chi connectivity index (χ4v) is 3.92. The second-order valence-corrected chi connectivity index (χ2v) is 7.89. The van der Waals surface area contributed by atoms with Crippen LogP contribution < -0.4 is 10.6 Å². The Balaban J connectivity index is 1.31. The summed E-state index contributed by atoms with van der Waals surface area (Å²) >= 11 is 0. The minimum absolute atomic E-state index is 0.0742. The number of aromatic nitrogens is 1. The van der Waals surface area contributed by atoms with E-state index < -0.39 is 30.1 Å². The number of nitrogens with one attached hydrogen (secondary N) is 2. The van der Waals surface area contributed by atoms with Crippen molar-refractivity contribution in [2.75, 3.05) is 6.61 Å². The number of hydrogen-bond donors (Lipinski definition) is 4. The van der Waals surface area contributed by atoms with Crippen LogP contribution in [0.4, 0.5) is 4.79 Å². The quantitative estimate of drug-likeness (QED) is 0.396. The van der Waals surface area contributed by atoms with Gasteiger partial charge in [0, 0.05) is 12.0 Å². The highest BCUT2D eigenvalue weighted by molar-refractivity contribution is 5.95. The third-order valence-corrected chi connectivity index (χ3v) is 5.58. The van der Waals surface area contributed by atoms with Gasteiger partial charge in [-0.1, -0.05) is 53.7 Å². The van der Waals surface area contributed by atoms with Gasteiger partial charge in [0.1, 0.15) is 6.61 Å². The molecule has 1 aliphatic rings. The number of aliphatic carboxylic acids is 1. The number of aliphatic hydroxyl groups is 1. The molecule has 4 N–H and O–H groups in total. The maximum absolute atomic E-state index is 12.3. The Labute approximate surface area is 194 Å². The zero-order chi connectivity index (χ0) is 24.2. The van der Waals surface area contributed by atoms with Gasteiger partial charge in [-0.25, -0.2) is 9.59 Å². The first kappa shape index (κ1) is 23.0. The third-order valence-electron chi connectivity index (χ3n) is 5.58. The summed E-state index contributed by atoms with van der Waals surface area (Å²) in [7, 11) is 0. The van der Waals surface area contributed by atoms with Crippen molar-refractivity contribution < 1.29 is 33.9 Å². The number of carboxylic acids is 1. The molecule has 2 aromatic carbocycles. The van der Waals surface area contributed by atoms with Crippen LogP contribution in [0.3, 0.4) is 0 Å². The van der Waals surface area contributed by atoms with Crippen LogP contribution in [0.15, 0.2) is 59.1 Å². The Kier molecular flexibility index (Phi) is 6.60. The van der Waals surface area contributed by atoms with Crippen LogP contribution in [0.5, 0.6) is 0 Å². The molecule has 176 valence electrons. The van der Waals surface area contributed by atoms with E-state index in [0.29, 0.717) is 0 Å². The first-order valence-corrected chi connectivity index (χ1v) is 10.6. The SMILES string of the molecule is C[C@@H](O)[C@H](NC(=O)c1cc(CNC(=O)OCC2c3ccccc3-c3ccccc32)on1)C(=O)O. The largest absolute Gasteiger partial charge is 0.480 e. The number of carbonyl (C=O) groups is 3. The number of carbonyl (C=O) groups excluding carboxylic acids is 2. The molecule has 1 heterocycles. The molecule has 3 aromatic rings. The minimum Gasteiger partial charge on any atom is -0.480 e. The molecule has 1 aromatic heterocycles. The molecule has 4 rings (SSSR count). The summed E-state index contributed by atoms with van der Waals surface area (Å²) in [5, 5.41) is 26.8. The van der Waals surface area contributed by atoms with Gasteiger partial charge in [0.25, 0.3) is 5.91 Å². The molecule has 0 radical (unpaired) electrons. The Bertz CT molecular complexity index is 1180. The molecular formula is C24H23N3O7. The molecule has 0 spiro atoms. The average Bonchev–Trinajstić information content (AvgIpc) is 3.42. The molecule has 0 fully saturated rings. The number of fused-ring (bicyclic) bond motifs is 3. The van der Waals surface area contributed by atoms with Crippen LogP contribution in [0.1, 0.15) is 40.2 Å². The van der Waals surface area contributed by atoms with Crippen molar-refractivity contribution in [2.24, 2.45) is 0 Å². The molecule has 0 saturated carbocycles. The van der Waals surface area contributed by atoms with E-state index in [1.54, 1.807) is 0 Å². The highest BCUT2D eigenvalue weighted by atomic mass is 16.5.